The van der Waals surface area contributed by atoms with Gasteiger partial charge in [0.25, 0.3) is 5.76 Å². The van der Waals surface area contributed by atoms with Crippen LogP contribution in [0.3, 0.4) is 0 Å². The summed E-state index contributed by atoms with van der Waals surface area (Å²) in [6.45, 7) is 3.54. The van der Waals surface area contributed by atoms with Gasteiger partial charge in [0.15, 0.2) is 11.9 Å². The normalized spacial score (nSPS) is 20.2. The quantitative estimate of drug-likeness (QED) is 0.119. The van der Waals surface area contributed by atoms with Crippen molar-refractivity contribution in [3.63, 3.8) is 0 Å². The summed E-state index contributed by atoms with van der Waals surface area (Å²) in [5, 5.41) is 28.5. The van der Waals surface area contributed by atoms with Crippen molar-refractivity contribution in [2.75, 3.05) is 13.2 Å². The van der Waals surface area contributed by atoms with Crippen molar-refractivity contribution < 1.29 is 43.4 Å². The van der Waals surface area contributed by atoms with Gasteiger partial charge in [-0.25, -0.2) is 9.36 Å². The molecule has 0 aromatic rings. The zero-order chi connectivity index (χ0) is 24.0. The van der Waals surface area contributed by atoms with Gasteiger partial charge in [0.2, 0.25) is 0 Å². The third kappa shape index (κ3) is 10.7. The van der Waals surface area contributed by atoms with Crippen LogP contribution < -0.4 is 0 Å². The lowest BCUT2D eigenvalue weighted by Crippen LogP contribution is -2.31. The zero-order valence-electron chi connectivity index (χ0n) is 19.4. The standard InChI is InChI=1S/C22H41O9P/c1-3-5-7-9-10-12-14-17(13-11-8-6-4-2)16-29-32(27,28)31-21-19(25)20(18(24)15-23)30-22(21)26/h17-18,20,23-25H,3-16H2,1-2H3,(H,27,28)/t17?,18-,20+/m0/s1. The molecule has 32 heavy (non-hydrogen) atoms. The molecule has 0 saturated heterocycles. The number of aliphatic hydroxyl groups excluding tert-OH is 3. The molecule has 4 atom stereocenters. The second-order valence-corrected chi connectivity index (χ2v) is 9.80. The molecule has 188 valence electrons. The Balaban J connectivity index is 2.61. The third-order valence-electron chi connectivity index (χ3n) is 5.57. The fourth-order valence-electron chi connectivity index (χ4n) is 3.62. The van der Waals surface area contributed by atoms with Crippen LogP contribution in [0.2, 0.25) is 0 Å². The highest BCUT2D eigenvalue weighted by atomic mass is 31.2. The molecule has 9 nitrogen and oxygen atoms in total. The molecule has 2 unspecified atom stereocenters. The van der Waals surface area contributed by atoms with E-state index < -0.39 is 44.1 Å². The minimum Gasteiger partial charge on any atom is -0.505 e. The van der Waals surface area contributed by atoms with Gasteiger partial charge in [-0.1, -0.05) is 78.1 Å². The number of carbonyl (C=O) groups is 1. The van der Waals surface area contributed by atoms with E-state index in [1.54, 1.807) is 0 Å². The van der Waals surface area contributed by atoms with E-state index in [-0.39, 0.29) is 12.5 Å². The molecule has 4 N–H and O–H groups in total. The number of hydrogen-bond donors (Lipinski definition) is 4. The number of unbranched alkanes of at least 4 members (excludes halogenated alkanes) is 8. The Morgan fingerprint density at radius 1 is 1.00 bits per heavy atom. The van der Waals surface area contributed by atoms with E-state index in [2.05, 4.69) is 13.8 Å². The molecule has 0 aliphatic carbocycles. The summed E-state index contributed by atoms with van der Waals surface area (Å²) in [4.78, 5) is 21.9. The average molecular weight is 481 g/mol. The van der Waals surface area contributed by atoms with Crippen LogP contribution in [-0.2, 0) is 23.1 Å². The maximum Gasteiger partial charge on any atom is 0.527 e. The lowest BCUT2D eigenvalue weighted by molar-refractivity contribution is -0.147. The summed E-state index contributed by atoms with van der Waals surface area (Å²) in [7, 11) is -4.70. The molecule has 10 heteroatoms. The van der Waals surface area contributed by atoms with E-state index in [1.807, 2.05) is 0 Å². The van der Waals surface area contributed by atoms with E-state index in [0.29, 0.717) is 0 Å². The molecule has 0 bridgehead atoms. The van der Waals surface area contributed by atoms with Gasteiger partial charge in [-0.2, -0.15) is 0 Å². The maximum atomic E-state index is 12.4. The van der Waals surface area contributed by atoms with Gasteiger partial charge in [0.1, 0.15) is 6.10 Å². The molecule has 0 fully saturated rings. The van der Waals surface area contributed by atoms with Crippen LogP contribution in [0.5, 0.6) is 0 Å². The summed E-state index contributed by atoms with van der Waals surface area (Å²) in [5.74, 6) is -2.85. The van der Waals surface area contributed by atoms with Crippen molar-refractivity contribution in [1.29, 1.82) is 0 Å². The van der Waals surface area contributed by atoms with Crippen LogP contribution in [0.1, 0.15) is 90.9 Å². The predicted octanol–water partition coefficient (Wildman–Crippen LogP) is 4.51. The predicted molar refractivity (Wildman–Crippen MR) is 120 cm³/mol. The monoisotopic (exact) mass is 480 g/mol. The first-order chi connectivity index (χ1) is 15.3. The first-order valence-corrected chi connectivity index (χ1v) is 13.3. The number of hydrogen-bond acceptors (Lipinski definition) is 8. The van der Waals surface area contributed by atoms with E-state index in [4.69, 9.17) is 18.9 Å². The van der Waals surface area contributed by atoms with E-state index in [1.165, 1.54) is 25.7 Å². The highest BCUT2D eigenvalue weighted by Crippen LogP contribution is 2.48. The topological polar surface area (TPSA) is 143 Å². The first kappa shape index (κ1) is 28.9. The summed E-state index contributed by atoms with van der Waals surface area (Å²) >= 11 is 0. The molecule has 0 aromatic carbocycles. The van der Waals surface area contributed by atoms with Crippen molar-refractivity contribution in [2.24, 2.45) is 5.92 Å². The van der Waals surface area contributed by atoms with Crippen LogP contribution in [-0.4, -0.2) is 51.6 Å². The second kappa shape index (κ2) is 15.7. The highest BCUT2D eigenvalue weighted by molar-refractivity contribution is 7.47. The van der Waals surface area contributed by atoms with Crippen molar-refractivity contribution >= 4 is 13.8 Å². The lowest BCUT2D eigenvalue weighted by atomic mass is 9.95. The molecule has 1 heterocycles. The lowest BCUT2D eigenvalue weighted by Gasteiger charge is -2.19. The molecule has 0 radical (unpaired) electrons. The fourth-order valence-corrected chi connectivity index (χ4v) is 4.48. The molecular formula is C22H41O9P. The molecule has 0 saturated carbocycles. The number of rotatable bonds is 19. The van der Waals surface area contributed by atoms with Crippen LogP contribution in [0.4, 0.5) is 0 Å². The average Bonchev–Trinajstić information content (AvgIpc) is 3.04. The molecule has 0 amide bonds. The Kier molecular flexibility index (Phi) is 14.2. The van der Waals surface area contributed by atoms with Gasteiger partial charge >= 0.3 is 13.8 Å². The Labute approximate surface area is 191 Å². The van der Waals surface area contributed by atoms with Gasteiger partial charge in [-0.15, -0.1) is 0 Å². The summed E-state index contributed by atoms with van der Waals surface area (Å²) < 4.78 is 27.0. The Morgan fingerprint density at radius 2 is 1.53 bits per heavy atom. The Hall–Kier alpha value is -1.12. The Bertz CT molecular complexity index is 623. The van der Waals surface area contributed by atoms with Crippen molar-refractivity contribution in [2.45, 2.75) is 103 Å². The number of aliphatic hydroxyl groups is 3. The summed E-state index contributed by atoms with van der Waals surface area (Å²) in [6, 6.07) is 0. The number of phosphoric acid groups is 1. The first-order valence-electron chi connectivity index (χ1n) is 11.9. The fraction of sp³-hybridized carbons (Fsp3) is 0.864. The van der Waals surface area contributed by atoms with Gasteiger partial charge in [0.05, 0.1) is 13.2 Å². The van der Waals surface area contributed by atoms with E-state index in [0.717, 1.165) is 51.4 Å². The van der Waals surface area contributed by atoms with Gasteiger partial charge in [-0.3, -0.25) is 9.42 Å². The summed E-state index contributed by atoms with van der Waals surface area (Å²) in [6.07, 6.45) is 9.92. The highest BCUT2D eigenvalue weighted by Gasteiger charge is 2.43. The smallest absolute Gasteiger partial charge is 0.505 e. The summed E-state index contributed by atoms with van der Waals surface area (Å²) in [5.41, 5.74) is 0. The van der Waals surface area contributed by atoms with E-state index >= 15 is 0 Å². The SMILES string of the molecule is CCCCCCCCC(CCCCCC)COP(=O)(O)OC1=C(O)[C@@H]([C@@H](O)CO)OC1=O. The molecule has 0 aromatic heterocycles. The van der Waals surface area contributed by atoms with Crippen LogP contribution in [0.15, 0.2) is 11.5 Å². The van der Waals surface area contributed by atoms with Crippen molar-refractivity contribution in [3.8, 4) is 0 Å². The number of phosphoric ester groups is 1. The molecule has 1 rings (SSSR count). The van der Waals surface area contributed by atoms with Gasteiger partial charge in [0, 0.05) is 0 Å². The van der Waals surface area contributed by atoms with Crippen molar-refractivity contribution in [1.82, 2.24) is 0 Å². The van der Waals surface area contributed by atoms with Crippen LogP contribution >= 0.6 is 7.82 Å². The van der Waals surface area contributed by atoms with Gasteiger partial charge < -0.3 is 24.6 Å². The third-order valence-corrected chi connectivity index (χ3v) is 6.46. The zero-order valence-corrected chi connectivity index (χ0v) is 20.3. The molecule has 1 aliphatic rings. The largest absolute Gasteiger partial charge is 0.527 e. The maximum absolute atomic E-state index is 12.4. The molecule has 0 spiro atoms. The number of esters is 1. The van der Waals surface area contributed by atoms with Gasteiger partial charge in [-0.05, 0) is 18.8 Å². The van der Waals surface area contributed by atoms with Crippen molar-refractivity contribution in [3.05, 3.63) is 11.5 Å². The van der Waals surface area contributed by atoms with Crippen LogP contribution in [0, 0.1) is 5.92 Å². The number of carbonyl (C=O) groups excluding carboxylic acids is 1. The second-order valence-electron chi connectivity index (χ2n) is 8.42. The molecular weight excluding hydrogens is 439 g/mol. The van der Waals surface area contributed by atoms with E-state index in [9.17, 15) is 24.5 Å². The van der Waals surface area contributed by atoms with Crippen LogP contribution in [0.25, 0.3) is 0 Å². The number of ether oxygens (including phenoxy) is 1. The Morgan fingerprint density at radius 3 is 2.09 bits per heavy atom. The molecule has 1 aliphatic heterocycles. The minimum atomic E-state index is -4.70. The minimum absolute atomic E-state index is 0.000641. The number of cyclic esters (lactones) is 1.